The Bertz CT molecular complexity index is 292. The van der Waals surface area contributed by atoms with Gasteiger partial charge in [0, 0.05) is 5.69 Å². The summed E-state index contributed by atoms with van der Waals surface area (Å²) in [6, 6.07) is 3.41. The molecule has 1 aromatic carbocycles. The number of hydrogen-bond donors (Lipinski definition) is 2. The van der Waals surface area contributed by atoms with Gasteiger partial charge in [0.25, 0.3) is 0 Å². The normalized spacial score (nSPS) is 10.7. The summed E-state index contributed by atoms with van der Waals surface area (Å²) in [7, 11) is 0. The second-order valence-corrected chi connectivity index (χ2v) is 3.42. The van der Waals surface area contributed by atoms with Crippen molar-refractivity contribution in [1.29, 1.82) is 0 Å². The van der Waals surface area contributed by atoms with Crippen molar-refractivity contribution in [2.24, 2.45) is 0 Å². The Hall–Kier alpha value is -1.18. The fraction of sp³-hybridized carbons (Fsp3) is 0.400. The Morgan fingerprint density at radius 1 is 1.33 bits per heavy atom. The summed E-state index contributed by atoms with van der Waals surface area (Å²) in [5.41, 5.74) is 8.60. The molecule has 0 radical (unpaired) electrons. The van der Waals surface area contributed by atoms with Gasteiger partial charge in [-0.3, -0.25) is 0 Å². The Kier molecular flexibility index (Phi) is 2.27. The third-order valence-corrected chi connectivity index (χ3v) is 2.03. The lowest BCUT2D eigenvalue weighted by atomic mass is 9.98. The fourth-order valence-corrected chi connectivity index (χ4v) is 1.28. The Balaban J connectivity index is 3.28. The van der Waals surface area contributed by atoms with E-state index in [4.69, 9.17) is 5.73 Å². The van der Waals surface area contributed by atoms with E-state index in [1.807, 2.05) is 6.92 Å². The van der Waals surface area contributed by atoms with Gasteiger partial charge in [0.2, 0.25) is 0 Å². The maximum absolute atomic E-state index is 9.31. The van der Waals surface area contributed by atoms with Crippen LogP contribution in [0.2, 0.25) is 0 Å². The predicted octanol–water partition coefficient (Wildman–Crippen LogP) is 2.41. The van der Waals surface area contributed by atoms with Crippen molar-refractivity contribution in [3.63, 3.8) is 0 Å². The van der Waals surface area contributed by atoms with Crippen LogP contribution in [0.3, 0.4) is 0 Å². The molecular formula is C10H15NO. The second-order valence-electron chi connectivity index (χ2n) is 3.42. The smallest absolute Gasteiger partial charge is 0.116 e. The van der Waals surface area contributed by atoms with Gasteiger partial charge in [-0.25, -0.2) is 0 Å². The number of aryl methyl sites for hydroxylation is 1. The molecule has 0 aliphatic rings. The van der Waals surface area contributed by atoms with Gasteiger partial charge in [-0.05, 0) is 36.1 Å². The van der Waals surface area contributed by atoms with Crippen LogP contribution >= 0.6 is 0 Å². The van der Waals surface area contributed by atoms with E-state index in [-0.39, 0.29) is 0 Å². The molecule has 0 aliphatic carbocycles. The number of phenolic OH excluding ortho intramolecular Hbond substituents is 1. The van der Waals surface area contributed by atoms with Crippen LogP contribution in [0, 0.1) is 6.92 Å². The molecule has 0 aliphatic heterocycles. The van der Waals surface area contributed by atoms with Crippen molar-refractivity contribution in [1.82, 2.24) is 0 Å². The largest absolute Gasteiger partial charge is 0.508 e. The molecule has 0 saturated carbocycles. The lowest BCUT2D eigenvalue weighted by molar-refractivity contribution is 0.474. The summed E-state index contributed by atoms with van der Waals surface area (Å²) in [6.07, 6.45) is 0. The minimum Gasteiger partial charge on any atom is -0.508 e. The van der Waals surface area contributed by atoms with Crippen molar-refractivity contribution in [3.8, 4) is 5.75 Å². The van der Waals surface area contributed by atoms with Gasteiger partial charge in [-0.1, -0.05) is 13.8 Å². The minimum atomic E-state index is 0.297. The monoisotopic (exact) mass is 165 g/mol. The molecule has 66 valence electrons. The van der Waals surface area contributed by atoms with E-state index in [0.717, 1.165) is 16.8 Å². The molecule has 1 rings (SSSR count). The highest BCUT2D eigenvalue weighted by Crippen LogP contribution is 2.28. The predicted molar refractivity (Wildman–Crippen MR) is 51.3 cm³/mol. The zero-order chi connectivity index (χ0) is 9.30. The first-order valence-electron chi connectivity index (χ1n) is 4.11. The van der Waals surface area contributed by atoms with E-state index in [1.165, 1.54) is 0 Å². The number of aromatic hydroxyl groups is 1. The first-order valence-corrected chi connectivity index (χ1v) is 4.11. The van der Waals surface area contributed by atoms with Crippen molar-refractivity contribution < 1.29 is 5.11 Å². The summed E-state index contributed by atoms with van der Waals surface area (Å²) in [5.74, 6) is 0.654. The summed E-state index contributed by atoms with van der Waals surface area (Å²) < 4.78 is 0. The summed E-state index contributed by atoms with van der Waals surface area (Å²) in [6.45, 7) is 6.02. The number of hydrogen-bond acceptors (Lipinski definition) is 2. The number of rotatable bonds is 1. The van der Waals surface area contributed by atoms with Crippen molar-refractivity contribution >= 4 is 5.69 Å². The van der Waals surface area contributed by atoms with E-state index < -0.39 is 0 Å². The van der Waals surface area contributed by atoms with Crippen LogP contribution in [-0.4, -0.2) is 5.11 Å². The molecule has 0 saturated heterocycles. The van der Waals surface area contributed by atoms with E-state index in [9.17, 15) is 5.11 Å². The van der Waals surface area contributed by atoms with Gasteiger partial charge >= 0.3 is 0 Å². The molecule has 0 fully saturated rings. The molecule has 0 unspecified atom stereocenters. The second kappa shape index (κ2) is 3.05. The van der Waals surface area contributed by atoms with Crippen molar-refractivity contribution in [2.75, 3.05) is 5.73 Å². The number of anilines is 1. The average molecular weight is 165 g/mol. The highest BCUT2D eigenvalue weighted by molar-refractivity contribution is 5.57. The molecule has 1 aromatic rings. The number of phenols is 1. The Labute approximate surface area is 73.0 Å². The van der Waals surface area contributed by atoms with Crippen LogP contribution < -0.4 is 5.73 Å². The molecule has 2 heteroatoms. The maximum atomic E-state index is 9.31. The van der Waals surface area contributed by atoms with E-state index in [1.54, 1.807) is 12.1 Å². The maximum Gasteiger partial charge on any atom is 0.116 e. The standard InChI is InChI=1S/C10H15NO/c1-6(2)9-5-8(12)4-7(3)10(9)11/h4-6,12H,11H2,1-3H3. The number of nitrogens with two attached hydrogens (primary N) is 1. The Morgan fingerprint density at radius 2 is 1.92 bits per heavy atom. The van der Waals surface area contributed by atoms with Gasteiger partial charge in [0.1, 0.15) is 5.75 Å². The van der Waals surface area contributed by atoms with Crippen LogP contribution in [-0.2, 0) is 0 Å². The van der Waals surface area contributed by atoms with Crippen LogP contribution in [0.1, 0.15) is 30.9 Å². The minimum absolute atomic E-state index is 0.297. The zero-order valence-corrected chi connectivity index (χ0v) is 7.76. The zero-order valence-electron chi connectivity index (χ0n) is 7.76. The Morgan fingerprint density at radius 3 is 2.42 bits per heavy atom. The molecule has 2 nitrogen and oxygen atoms in total. The number of nitrogen functional groups attached to an aromatic ring is 1. The van der Waals surface area contributed by atoms with Crippen molar-refractivity contribution in [3.05, 3.63) is 23.3 Å². The molecule has 12 heavy (non-hydrogen) atoms. The molecule has 0 amide bonds. The third kappa shape index (κ3) is 1.52. The highest BCUT2D eigenvalue weighted by atomic mass is 16.3. The summed E-state index contributed by atoms with van der Waals surface area (Å²) >= 11 is 0. The lowest BCUT2D eigenvalue weighted by Gasteiger charge is -2.11. The lowest BCUT2D eigenvalue weighted by Crippen LogP contribution is -1.98. The van der Waals surface area contributed by atoms with Gasteiger partial charge in [0.05, 0.1) is 0 Å². The topological polar surface area (TPSA) is 46.2 Å². The van der Waals surface area contributed by atoms with Gasteiger partial charge in [-0.15, -0.1) is 0 Å². The number of benzene rings is 1. The summed E-state index contributed by atoms with van der Waals surface area (Å²) in [4.78, 5) is 0. The molecule has 0 spiro atoms. The molecule has 3 N–H and O–H groups in total. The van der Waals surface area contributed by atoms with Crippen molar-refractivity contribution in [2.45, 2.75) is 26.7 Å². The SMILES string of the molecule is Cc1cc(O)cc(C(C)C)c1N. The van der Waals surface area contributed by atoms with Crippen LogP contribution in [0.4, 0.5) is 5.69 Å². The van der Waals surface area contributed by atoms with Crippen LogP contribution in [0.25, 0.3) is 0 Å². The molecular weight excluding hydrogens is 150 g/mol. The average Bonchev–Trinajstić information content (AvgIpc) is 1.96. The van der Waals surface area contributed by atoms with Gasteiger partial charge < -0.3 is 10.8 Å². The van der Waals surface area contributed by atoms with Crippen LogP contribution in [0.5, 0.6) is 5.75 Å². The van der Waals surface area contributed by atoms with Crippen LogP contribution in [0.15, 0.2) is 12.1 Å². The van der Waals surface area contributed by atoms with Gasteiger partial charge in [-0.2, -0.15) is 0 Å². The molecule has 0 atom stereocenters. The molecule has 0 aromatic heterocycles. The fourth-order valence-electron chi connectivity index (χ4n) is 1.28. The highest BCUT2D eigenvalue weighted by Gasteiger charge is 2.07. The molecule has 0 bridgehead atoms. The first kappa shape index (κ1) is 8.91. The van der Waals surface area contributed by atoms with E-state index in [2.05, 4.69) is 13.8 Å². The molecule has 0 heterocycles. The van der Waals surface area contributed by atoms with E-state index in [0.29, 0.717) is 11.7 Å². The summed E-state index contributed by atoms with van der Waals surface area (Å²) in [5, 5.41) is 9.31. The quantitative estimate of drug-likeness (QED) is 0.496. The third-order valence-electron chi connectivity index (χ3n) is 2.03. The first-order chi connectivity index (χ1) is 5.52. The van der Waals surface area contributed by atoms with Gasteiger partial charge in [0.15, 0.2) is 0 Å². The van der Waals surface area contributed by atoms with E-state index >= 15 is 0 Å².